The average molecular weight is 306 g/mol. The number of aryl methyl sites for hydroxylation is 1. The van der Waals surface area contributed by atoms with Crippen LogP contribution in [0.15, 0.2) is 16.7 Å². The molecule has 0 spiro atoms. The third-order valence-corrected chi connectivity index (χ3v) is 4.91. The summed E-state index contributed by atoms with van der Waals surface area (Å²) in [4.78, 5) is 35.6. The Balaban J connectivity index is 1.63. The Bertz CT molecular complexity index is 623. The van der Waals surface area contributed by atoms with Crippen LogP contribution < -0.4 is 10.9 Å². The topological polar surface area (TPSA) is 109 Å². The van der Waals surface area contributed by atoms with Gasteiger partial charge in [-0.3, -0.25) is 25.2 Å². The standard InChI is InChI=1S/C15H18N2O5/c1-7-10(4-5-22-7)13(18)16-17-14(19)11-8-2-3-9(6-8)12(11)15(20)21/h4-5,8-9,11-12H,2-3,6H2,1H3,(H,16,18)(H,17,19)(H,20,21)/t8-,9+,11-,12+/m1/s1. The highest BCUT2D eigenvalue weighted by Crippen LogP contribution is 2.52. The zero-order valence-corrected chi connectivity index (χ0v) is 12.2. The van der Waals surface area contributed by atoms with Gasteiger partial charge < -0.3 is 9.52 Å². The van der Waals surface area contributed by atoms with Crippen LogP contribution in [0.1, 0.15) is 35.4 Å². The number of nitrogens with one attached hydrogen (secondary N) is 2. The Morgan fingerprint density at radius 2 is 1.86 bits per heavy atom. The summed E-state index contributed by atoms with van der Waals surface area (Å²) in [7, 11) is 0. The lowest BCUT2D eigenvalue weighted by atomic mass is 9.79. The second-order valence-electron chi connectivity index (χ2n) is 6.06. The summed E-state index contributed by atoms with van der Waals surface area (Å²) < 4.78 is 5.03. The minimum atomic E-state index is -0.927. The van der Waals surface area contributed by atoms with Crippen LogP contribution >= 0.6 is 0 Å². The van der Waals surface area contributed by atoms with Gasteiger partial charge in [-0.1, -0.05) is 0 Å². The summed E-state index contributed by atoms with van der Waals surface area (Å²) in [6.07, 6.45) is 3.92. The fourth-order valence-corrected chi connectivity index (χ4v) is 3.91. The van der Waals surface area contributed by atoms with Gasteiger partial charge in [-0.05, 0) is 44.1 Å². The zero-order chi connectivity index (χ0) is 15.9. The predicted octanol–water partition coefficient (Wildman–Crippen LogP) is 1.10. The molecule has 0 radical (unpaired) electrons. The van der Waals surface area contributed by atoms with E-state index in [9.17, 15) is 19.5 Å². The van der Waals surface area contributed by atoms with Gasteiger partial charge in [-0.25, -0.2) is 0 Å². The van der Waals surface area contributed by atoms with Crippen molar-refractivity contribution in [2.75, 3.05) is 0 Å². The van der Waals surface area contributed by atoms with Crippen molar-refractivity contribution in [2.45, 2.75) is 26.2 Å². The number of furan rings is 1. The van der Waals surface area contributed by atoms with Crippen molar-refractivity contribution >= 4 is 17.8 Å². The molecule has 2 fully saturated rings. The zero-order valence-electron chi connectivity index (χ0n) is 12.2. The smallest absolute Gasteiger partial charge is 0.307 e. The van der Waals surface area contributed by atoms with E-state index in [1.54, 1.807) is 6.92 Å². The molecule has 0 aliphatic heterocycles. The SMILES string of the molecule is Cc1occc1C(=O)NNC(=O)[C@@H]1[C@@H]2CC[C@@H](C2)[C@@H]1C(=O)O. The Kier molecular flexibility index (Phi) is 3.64. The maximum atomic E-state index is 12.3. The number of carbonyl (C=O) groups excluding carboxylic acids is 2. The van der Waals surface area contributed by atoms with Gasteiger partial charge in [0.2, 0.25) is 5.91 Å². The predicted molar refractivity (Wildman–Crippen MR) is 74.5 cm³/mol. The quantitative estimate of drug-likeness (QED) is 0.724. The summed E-state index contributed by atoms with van der Waals surface area (Å²) in [5, 5.41) is 9.34. The molecule has 4 atom stereocenters. The first-order chi connectivity index (χ1) is 10.5. The van der Waals surface area contributed by atoms with E-state index in [1.807, 2.05) is 0 Å². The lowest BCUT2D eigenvalue weighted by Crippen LogP contribution is -2.48. The number of amides is 2. The van der Waals surface area contributed by atoms with Crippen LogP contribution in [-0.4, -0.2) is 22.9 Å². The van der Waals surface area contributed by atoms with Gasteiger partial charge >= 0.3 is 5.97 Å². The van der Waals surface area contributed by atoms with E-state index >= 15 is 0 Å². The molecular formula is C15H18N2O5. The molecule has 22 heavy (non-hydrogen) atoms. The molecular weight excluding hydrogens is 288 g/mol. The molecule has 7 heteroatoms. The first-order valence-corrected chi connectivity index (χ1v) is 7.36. The minimum Gasteiger partial charge on any atom is -0.481 e. The molecule has 1 heterocycles. The third kappa shape index (κ3) is 2.36. The summed E-state index contributed by atoms with van der Waals surface area (Å²) in [6.45, 7) is 1.65. The molecule has 3 rings (SSSR count). The summed E-state index contributed by atoms with van der Waals surface area (Å²) >= 11 is 0. The number of hydrazine groups is 1. The van der Waals surface area contributed by atoms with Gasteiger partial charge in [0.25, 0.3) is 5.91 Å². The number of fused-ring (bicyclic) bond motifs is 2. The maximum absolute atomic E-state index is 12.3. The number of hydrogen-bond donors (Lipinski definition) is 3. The average Bonchev–Trinajstić information content (AvgIpc) is 3.18. The number of hydrogen-bond acceptors (Lipinski definition) is 4. The molecule has 1 aromatic rings. The van der Waals surface area contributed by atoms with E-state index in [4.69, 9.17) is 4.42 Å². The normalized spacial score (nSPS) is 29.3. The van der Waals surface area contributed by atoms with Crippen molar-refractivity contribution in [3.63, 3.8) is 0 Å². The molecule has 2 aliphatic rings. The number of carboxylic acid groups (broad SMARTS) is 1. The maximum Gasteiger partial charge on any atom is 0.307 e. The van der Waals surface area contributed by atoms with E-state index in [1.165, 1.54) is 12.3 Å². The van der Waals surface area contributed by atoms with Crippen LogP contribution in [0.4, 0.5) is 0 Å². The van der Waals surface area contributed by atoms with Crippen LogP contribution in [0, 0.1) is 30.6 Å². The molecule has 2 aliphatic carbocycles. The Morgan fingerprint density at radius 3 is 2.45 bits per heavy atom. The molecule has 3 N–H and O–H groups in total. The molecule has 0 aromatic carbocycles. The van der Waals surface area contributed by atoms with Crippen LogP contribution in [0.3, 0.4) is 0 Å². The highest BCUT2D eigenvalue weighted by molar-refractivity contribution is 5.96. The van der Waals surface area contributed by atoms with E-state index < -0.39 is 29.6 Å². The summed E-state index contributed by atoms with van der Waals surface area (Å²) in [5.74, 6) is -2.42. The van der Waals surface area contributed by atoms with Gasteiger partial charge in [0.15, 0.2) is 0 Å². The lowest BCUT2D eigenvalue weighted by molar-refractivity contribution is -0.149. The van der Waals surface area contributed by atoms with E-state index in [-0.39, 0.29) is 11.8 Å². The van der Waals surface area contributed by atoms with Crippen molar-refractivity contribution in [3.05, 3.63) is 23.7 Å². The fraction of sp³-hybridized carbons (Fsp3) is 0.533. The molecule has 0 saturated heterocycles. The second kappa shape index (κ2) is 5.47. The van der Waals surface area contributed by atoms with Crippen LogP contribution in [0.25, 0.3) is 0 Å². The molecule has 2 bridgehead atoms. The van der Waals surface area contributed by atoms with Crippen LogP contribution in [-0.2, 0) is 9.59 Å². The molecule has 2 amide bonds. The van der Waals surface area contributed by atoms with Crippen molar-refractivity contribution in [3.8, 4) is 0 Å². The minimum absolute atomic E-state index is 0.0741. The highest BCUT2D eigenvalue weighted by Gasteiger charge is 2.54. The first-order valence-electron chi connectivity index (χ1n) is 7.36. The van der Waals surface area contributed by atoms with Gasteiger partial charge in [-0.15, -0.1) is 0 Å². The van der Waals surface area contributed by atoms with Crippen molar-refractivity contribution in [1.82, 2.24) is 10.9 Å². The highest BCUT2D eigenvalue weighted by atomic mass is 16.4. The Labute approximate surface area is 127 Å². The van der Waals surface area contributed by atoms with Gasteiger partial charge in [0.05, 0.1) is 23.7 Å². The summed E-state index contributed by atoms with van der Waals surface area (Å²) in [6, 6.07) is 1.51. The number of carboxylic acids is 1. The van der Waals surface area contributed by atoms with Crippen LogP contribution in [0.5, 0.6) is 0 Å². The fourth-order valence-electron chi connectivity index (χ4n) is 3.91. The van der Waals surface area contributed by atoms with Gasteiger partial charge in [0.1, 0.15) is 5.76 Å². The van der Waals surface area contributed by atoms with Gasteiger partial charge in [-0.2, -0.15) is 0 Å². The molecule has 118 valence electrons. The first kappa shape index (κ1) is 14.6. The number of aliphatic carboxylic acids is 1. The van der Waals surface area contributed by atoms with Crippen molar-refractivity contribution < 1.29 is 23.9 Å². The molecule has 1 aromatic heterocycles. The van der Waals surface area contributed by atoms with E-state index in [2.05, 4.69) is 10.9 Å². The van der Waals surface area contributed by atoms with E-state index in [0.29, 0.717) is 11.3 Å². The molecule has 2 saturated carbocycles. The Morgan fingerprint density at radius 1 is 1.18 bits per heavy atom. The lowest BCUT2D eigenvalue weighted by Gasteiger charge is -2.26. The van der Waals surface area contributed by atoms with Gasteiger partial charge in [0, 0.05) is 0 Å². The third-order valence-electron chi connectivity index (χ3n) is 4.91. The van der Waals surface area contributed by atoms with E-state index in [0.717, 1.165) is 19.3 Å². The largest absolute Gasteiger partial charge is 0.481 e. The van der Waals surface area contributed by atoms with Crippen molar-refractivity contribution in [2.24, 2.45) is 23.7 Å². The summed E-state index contributed by atoms with van der Waals surface area (Å²) in [5.41, 5.74) is 5.03. The number of carbonyl (C=O) groups is 3. The van der Waals surface area contributed by atoms with Crippen molar-refractivity contribution in [1.29, 1.82) is 0 Å². The number of rotatable bonds is 3. The molecule has 7 nitrogen and oxygen atoms in total. The monoisotopic (exact) mass is 306 g/mol. The molecule has 0 unspecified atom stereocenters. The van der Waals surface area contributed by atoms with Crippen LogP contribution in [0.2, 0.25) is 0 Å². The second-order valence-corrected chi connectivity index (χ2v) is 6.06. The Hall–Kier alpha value is -2.31.